The maximum Gasteiger partial charge on any atom is 0.237 e. The van der Waals surface area contributed by atoms with Gasteiger partial charge in [0.1, 0.15) is 0 Å². The molecule has 100 valence electrons. The SMILES string of the molecule is CC(C)(C)NCC(=O)N(Cc1cccs1)C1CC1. The second-order valence-corrected chi connectivity index (χ2v) is 6.97. The van der Waals surface area contributed by atoms with E-state index in [4.69, 9.17) is 0 Å². The monoisotopic (exact) mass is 266 g/mol. The molecule has 4 heteroatoms. The van der Waals surface area contributed by atoms with Gasteiger partial charge in [0.2, 0.25) is 5.91 Å². The number of thiophene rings is 1. The van der Waals surface area contributed by atoms with Gasteiger partial charge in [-0.1, -0.05) is 6.07 Å². The van der Waals surface area contributed by atoms with E-state index in [-0.39, 0.29) is 11.4 Å². The largest absolute Gasteiger partial charge is 0.333 e. The average Bonchev–Trinajstić information content (AvgIpc) is 2.99. The molecule has 0 aromatic carbocycles. The maximum absolute atomic E-state index is 12.3. The average molecular weight is 266 g/mol. The molecular formula is C14H22N2OS. The standard InChI is InChI=1S/C14H22N2OS/c1-14(2,3)15-9-13(17)16(11-6-7-11)10-12-5-4-8-18-12/h4-5,8,11,15H,6-7,9-10H2,1-3H3. The highest BCUT2D eigenvalue weighted by Crippen LogP contribution is 2.29. The number of rotatable bonds is 5. The van der Waals surface area contributed by atoms with Gasteiger partial charge in [-0.25, -0.2) is 0 Å². The molecule has 1 aromatic rings. The summed E-state index contributed by atoms with van der Waals surface area (Å²) in [6.07, 6.45) is 2.32. The van der Waals surface area contributed by atoms with Crippen LogP contribution in [0.3, 0.4) is 0 Å². The van der Waals surface area contributed by atoms with Crippen LogP contribution >= 0.6 is 11.3 Å². The van der Waals surface area contributed by atoms with Gasteiger partial charge in [0.25, 0.3) is 0 Å². The normalized spacial score (nSPS) is 15.7. The predicted molar refractivity (Wildman–Crippen MR) is 75.6 cm³/mol. The van der Waals surface area contributed by atoms with E-state index >= 15 is 0 Å². The van der Waals surface area contributed by atoms with E-state index in [9.17, 15) is 4.79 Å². The fourth-order valence-corrected chi connectivity index (χ4v) is 2.52. The second-order valence-electron chi connectivity index (χ2n) is 5.94. The van der Waals surface area contributed by atoms with Crippen LogP contribution in [0.15, 0.2) is 17.5 Å². The summed E-state index contributed by atoms with van der Waals surface area (Å²) in [7, 11) is 0. The molecule has 0 aliphatic heterocycles. The number of carbonyl (C=O) groups excluding carboxylic acids is 1. The summed E-state index contributed by atoms with van der Waals surface area (Å²) in [5.41, 5.74) is -0.00614. The van der Waals surface area contributed by atoms with Gasteiger partial charge in [-0.15, -0.1) is 11.3 Å². The van der Waals surface area contributed by atoms with Crippen LogP contribution in [0, 0.1) is 0 Å². The summed E-state index contributed by atoms with van der Waals surface area (Å²) in [6.45, 7) is 7.46. The van der Waals surface area contributed by atoms with E-state index in [1.54, 1.807) is 11.3 Å². The van der Waals surface area contributed by atoms with Gasteiger partial charge in [0, 0.05) is 16.5 Å². The van der Waals surface area contributed by atoms with Crippen LogP contribution < -0.4 is 5.32 Å². The molecule has 1 fully saturated rings. The smallest absolute Gasteiger partial charge is 0.237 e. The van der Waals surface area contributed by atoms with Crippen LogP contribution in [-0.2, 0) is 11.3 Å². The molecule has 18 heavy (non-hydrogen) atoms. The van der Waals surface area contributed by atoms with Gasteiger partial charge < -0.3 is 10.2 Å². The van der Waals surface area contributed by atoms with Crippen LogP contribution in [0.5, 0.6) is 0 Å². The summed E-state index contributed by atoms with van der Waals surface area (Å²) >= 11 is 1.72. The third-order valence-corrected chi connectivity index (χ3v) is 3.85. The summed E-state index contributed by atoms with van der Waals surface area (Å²) < 4.78 is 0. The minimum absolute atomic E-state index is 0.00614. The molecule has 3 nitrogen and oxygen atoms in total. The fourth-order valence-electron chi connectivity index (χ4n) is 1.82. The Hall–Kier alpha value is -0.870. The van der Waals surface area contributed by atoms with Crippen LogP contribution in [-0.4, -0.2) is 28.9 Å². The van der Waals surface area contributed by atoms with Gasteiger partial charge >= 0.3 is 0 Å². The first-order valence-electron chi connectivity index (χ1n) is 6.52. The lowest BCUT2D eigenvalue weighted by atomic mass is 10.1. The van der Waals surface area contributed by atoms with E-state index in [1.165, 1.54) is 4.88 Å². The van der Waals surface area contributed by atoms with E-state index in [0.717, 1.165) is 19.4 Å². The maximum atomic E-state index is 12.3. The van der Waals surface area contributed by atoms with Crippen molar-refractivity contribution in [2.75, 3.05) is 6.54 Å². The lowest BCUT2D eigenvalue weighted by Crippen LogP contribution is -2.45. The molecule has 1 heterocycles. The molecule has 1 N–H and O–H groups in total. The molecule has 0 atom stereocenters. The van der Waals surface area contributed by atoms with E-state index in [1.807, 2.05) is 11.0 Å². The van der Waals surface area contributed by atoms with Crippen LogP contribution in [0.25, 0.3) is 0 Å². The third-order valence-electron chi connectivity index (χ3n) is 2.98. The Kier molecular flexibility index (Phi) is 4.07. The van der Waals surface area contributed by atoms with Gasteiger partial charge in [0.15, 0.2) is 0 Å². The van der Waals surface area contributed by atoms with Crippen molar-refractivity contribution in [3.8, 4) is 0 Å². The number of hydrogen-bond acceptors (Lipinski definition) is 3. The number of carbonyl (C=O) groups is 1. The molecule has 0 saturated heterocycles. The van der Waals surface area contributed by atoms with Gasteiger partial charge in [-0.3, -0.25) is 4.79 Å². The first-order valence-corrected chi connectivity index (χ1v) is 7.40. The number of nitrogens with zero attached hydrogens (tertiary/aromatic N) is 1. The van der Waals surface area contributed by atoms with Crippen molar-refractivity contribution in [2.24, 2.45) is 0 Å². The summed E-state index contributed by atoms with van der Waals surface area (Å²) in [6, 6.07) is 4.62. The highest BCUT2D eigenvalue weighted by atomic mass is 32.1. The zero-order chi connectivity index (χ0) is 13.2. The Morgan fingerprint density at radius 3 is 2.72 bits per heavy atom. The number of nitrogens with one attached hydrogen (secondary N) is 1. The topological polar surface area (TPSA) is 32.3 Å². The quantitative estimate of drug-likeness (QED) is 0.888. The van der Waals surface area contributed by atoms with Crippen molar-refractivity contribution in [2.45, 2.75) is 51.7 Å². The zero-order valence-electron chi connectivity index (χ0n) is 11.4. The van der Waals surface area contributed by atoms with Crippen LogP contribution in [0.2, 0.25) is 0 Å². The van der Waals surface area contributed by atoms with Gasteiger partial charge in [0.05, 0.1) is 13.1 Å². The minimum Gasteiger partial charge on any atom is -0.333 e. The Morgan fingerprint density at radius 1 is 1.50 bits per heavy atom. The fraction of sp³-hybridized carbons (Fsp3) is 0.643. The Balaban J connectivity index is 1.91. The van der Waals surface area contributed by atoms with Crippen LogP contribution in [0.4, 0.5) is 0 Å². The molecule has 0 bridgehead atoms. The van der Waals surface area contributed by atoms with Crippen molar-refractivity contribution in [1.29, 1.82) is 0 Å². The summed E-state index contributed by atoms with van der Waals surface area (Å²) in [4.78, 5) is 15.6. The predicted octanol–water partition coefficient (Wildman–Crippen LogP) is 2.63. The first kappa shape index (κ1) is 13.6. The van der Waals surface area contributed by atoms with Crippen LogP contribution in [0.1, 0.15) is 38.5 Å². The van der Waals surface area contributed by atoms with Crippen molar-refractivity contribution in [3.63, 3.8) is 0 Å². The number of amides is 1. The minimum atomic E-state index is -0.00614. The van der Waals surface area contributed by atoms with Crippen molar-refractivity contribution < 1.29 is 4.79 Å². The third kappa shape index (κ3) is 4.10. The molecular weight excluding hydrogens is 244 g/mol. The zero-order valence-corrected chi connectivity index (χ0v) is 12.2. The van der Waals surface area contributed by atoms with Crippen molar-refractivity contribution in [1.82, 2.24) is 10.2 Å². The van der Waals surface area contributed by atoms with E-state index in [0.29, 0.717) is 12.6 Å². The van der Waals surface area contributed by atoms with E-state index in [2.05, 4.69) is 37.5 Å². The Bertz CT molecular complexity index is 390. The molecule has 0 radical (unpaired) electrons. The summed E-state index contributed by atoms with van der Waals surface area (Å²) in [5, 5.41) is 5.34. The lowest BCUT2D eigenvalue weighted by molar-refractivity contribution is -0.131. The highest BCUT2D eigenvalue weighted by molar-refractivity contribution is 7.09. The molecule has 2 rings (SSSR count). The van der Waals surface area contributed by atoms with E-state index < -0.39 is 0 Å². The first-order chi connectivity index (χ1) is 8.46. The molecule has 1 saturated carbocycles. The Morgan fingerprint density at radius 2 is 2.22 bits per heavy atom. The molecule has 1 aromatic heterocycles. The van der Waals surface area contributed by atoms with Crippen molar-refractivity contribution >= 4 is 17.2 Å². The highest BCUT2D eigenvalue weighted by Gasteiger charge is 2.32. The summed E-state index contributed by atoms with van der Waals surface area (Å²) in [5.74, 6) is 0.223. The lowest BCUT2D eigenvalue weighted by Gasteiger charge is -2.25. The van der Waals surface area contributed by atoms with Gasteiger partial charge in [-0.2, -0.15) is 0 Å². The Labute approximate surface area is 113 Å². The molecule has 1 aliphatic carbocycles. The molecule has 0 unspecified atom stereocenters. The molecule has 1 aliphatic rings. The van der Waals surface area contributed by atoms with Crippen molar-refractivity contribution in [3.05, 3.63) is 22.4 Å². The van der Waals surface area contributed by atoms with Gasteiger partial charge in [-0.05, 0) is 45.1 Å². The number of hydrogen-bond donors (Lipinski definition) is 1. The molecule has 0 spiro atoms. The second kappa shape index (κ2) is 5.41. The molecule has 1 amide bonds.